The van der Waals surface area contributed by atoms with Crippen molar-refractivity contribution in [2.45, 2.75) is 38.3 Å². The van der Waals surface area contributed by atoms with Crippen LogP contribution in [0.1, 0.15) is 24.0 Å². The van der Waals surface area contributed by atoms with Crippen molar-refractivity contribution in [3.05, 3.63) is 35.4 Å². The Balaban J connectivity index is 1.70. The van der Waals surface area contributed by atoms with Crippen molar-refractivity contribution in [3.63, 3.8) is 0 Å². The zero-order valence-electron chi connectivity index (χ0n) is 14.2. The highest BCUT2D eigenvalue weighted by molar-refractivity contribution is 5.79. The molecule has 140 valence electrons. The molecule has 0 aromatic heterocycles. The highest BCUT2D eigenvalue weighted by Gasteiger charge is 2.27. The summed E-state index contributed by atoms with van der Waals surface area (Å²) in [6.07, 6.45) is -1.91. The Hall–Kier alpha value is -1.80. The molecule has 5 nitrogen and oxygen atoms in total. The SMILES string of the molecule is CN=C(NCc1ccc(COCC(F)(F)F)cc1)NCC1CCCO1. The van der Waals surface area contributed by atoms with E-state index in [0.717, 1.165) is 31.6 Å². The lowest BCUT2D eigenvalue weighted by atomic mass is 10.1. The first-order valence-corrected chi connectivity index (χ1v) is 8.25. The molecule has 1 aromatic rings. The van der Waals surface area contributed by atoms with E-state index in [0.29, 0.717) is 18.1 Å². The first kappa shape index (κ1) is 19.5. The minimum Gasteiger partial charge on any atom is -0.376 e. The first-order valence-electron chi connectivity index (χ1n) is 8.25. The maximum atomic E-state index is 12.0. The van der Waals surface area contributed by atoms with Crippen LogP contribution in [0.2, 0.25) is 0 Å². The number of hydrogen-bond acceptors (Lipinski definition) is 3. The number of halogens is 3. The van der Waals surface area contributed by atoms with E-state index in [-0.39, 0.29) is 12.7 Å². The molecule has 0 saturated carbocycles. The lowest BCUT2D eigenvalue weighted by molar-refractivity contribution is -0.176. The third-order valence-corrected chi connectivity index (χ3v) is 3.76. The molecular formula is C17H24F3N3O2. The molecular weight excluding hydrogens is 335 g/mol. The summed E-state index contributed by atoms with van der Waals surface area (Å²) in [7, 11) is 1.70. The highest BCUT2D eigenvalue weighted by atomic mass is 19.4. The standard InChI is InChI=1S/C17H24F3N3O2/c1-21-16(23-10-15-3-2-8-25-15)22-9-13-4-6-14(7-5-13)11-24-12-17(18,19)20/h4-7,15H,2-3,8-12H2,1H3,(H2,21,22,23). The lowest BCUT2D eigenvalue weighted by Gasteiger charge is -2.15. The van der Waals surface area contributed by atoms with Crippen LogP contribution in [0.3, 0.4) is 0 Å². The number of guanidine groups is 1. The van der Waals surface area contributed by atoms with E-state index in [1.165, 1.54) is 0 Å². The molecule has 1 aromatic carbocycles. The number of benzene rings is 1. The van der Waals surface area contributed by atoms with Crippen molar-refractivity contribution in [1.29, 1.82) is 0 Å². The Morgan fingerprint density at radius 1 is 1.24 bits per heavy atom. The molecule has 2 N–H and O–H groups in total. The van der Waals surface area contributed by atoms with Crippen LogP contribution in [0.25, 0.3) is 0 Å². The minimum absolute atomic E-state index is 0.0577. The van der Waals surface area contributed by atoms with Crippen LogP contribution in [0, 0.1) is 0 Å². The fourth-order valence-corrected chi connectivity index (χ4v) is 2.46. The summed E-state index contributed by atoms with van der Waals surface area (Å²) in [5, 5.41) is 6.42. The molecule has 0 spiro atoms. The second kappa shape index (κ2) is 9.62. The monoisotopic (exact) mass is 359 g/mol. The second-order valence-corrected chi connectivity index (χ2v) is 5.87. The first-order chi connectivity index (χ1) is 12.0. The van der Waals surface area contributed by atoms with Gasteiger partial charge in [0, 0.05) is 26.7 Å². The normalized spacial score (nSPS) is 18.4. The fourth-order valence-electron chi connectivity index (χ4n) is 2.46. The van der Waals surface area contributed by atoms with Gasteiger partial charge in [0.1, 0.15) is 6.61 Å². The summed E-state index contributed by atoms with van der Waals surface area (Å²) < 4.78 is 46.3. The third-order valence-electron chi connectivity index (χ3n) is 3.76. The number of ether oxygens (including phenoxy) is 2. The Labute approximate surface area is 145 Å². The lowest BCUT2D eigenvalue weighted by Crippen LogP contribution is -2.40. The molecule has 1 aliphatic heterocycles. The quantitative estimate of drug-likeness (QED) is 0.580. The van der Waals surface area contributed by atoms with Gasteiger partial charge in [-0.05, 0) is 24.0 Å². The van der Waals surface area contributed by atoms with Crippen molar-refractivity contribution in [2.24, 2.45) is 4.99 Å². The van der Waals surface area contributed by atoms with Gasteiger partial charge in [0.25, 0.3) is 0 Å². The summed E-state index contributed by atoms with van der Waals surface area (Å²) in [5.74, 6) is 0.688. The van der Waals surface area contributed by atoms with Gasteiger partial charge in [0.15, 0.2) is 5.96 Å². The number of hydrogen-bond donors (Lipinski definition) is 2. The van der Waals surface area contributed by atoms with Gasteiger partial charge < -0.3 is 20.1 Å². The molecule has 1 atom stereocenters. The molecule has 1 heterocycles. The van der Waals surface area contributed by atoms with E-state index in [4.69, 9.17) is 4.74 Å². The average molecular weight is 359 g/mol. The largest absolute Gasteiger partial charge is 0.411 e. The van der Waals surface area contributed by atoms with Gasteiger partial charge >= 0.3 is 6.18 Å². The number of alkyl halides is 3. The molecule has 25 heavy (non-hydrogen) atoms. The zero-order valence-corrected chi connectivity index (χ0v) is 14.2. The van der Waals surface area contributed by atoms with E-state index in [9.17, 15) is 13.2 Å². The van der Waals surface area contributed by atoms with E-state index < -0.39 is 12.8 Å². The van der Waals surface area contributed by atoms with Crippen molar-refractivity contribution < 1.29 is 22.6 Å². The molecule has 0 radical (unpaired) electrons. The zero-order chi connectivity index (χ0) is 18.1. The summed E-state index contributed by atoms with van der Waals surface area (Å²) in [4.78, 5) is 4.16. The van der Waals surface area contributed by atoms with Gasteiger partial charge in [-0.25, -0.2) is 0 Å². The molecule has 1 unspecified atom stereocenters. The van der Waals surface area contributed by atoms with Gasteiger partial charge in [-0.3, -0.25) is 4.99 Å². The highest BCUT2D eigenvalue weighted by Crippen LogP contribution is 2.16. The number of aliphatic imine (C=N–C) groups is 1. The van der Waals surface area contributed by atoms with Crippen molar-refractivity contribution in [1.82, 2.24) is 10.6 Å². The molecule has 0 amide bonds. The van der Waals surface area contributed by atoms with Crippen LogP contribution in [-0.4, -0.2) is 45.0 Å². The Morgan fingerprint density at radius 3 is 2.56 bits per heavy atom. The fraction of sp³-hybridized carbons (Fsp3) is 0.588. The van der Waals surface area contributed by atoms with Crippen LogP contribution in [0.15, 0.2) is 29.3 Å². The van der Waals surface area contributed by atoms with E-state index in [1.54, 1.807) is 19.2 Å². The smallest absolute Gasteiger partial charge is 0.376 e. The average Bonchev–Trinajstić information content (AvgIpc) is 3.08. The number of nitrogens with zero attached hydrogens (tertiary/aromatic N) is 1. The molecule has 1 aliphatic rings. The predicted octanol–water partition coefficient (Wildman–Crippen LogP) is 2.61. The van der Waals surface area contributed by atoms with E-state index >= 15 is 0 Å². The summed E-state index contributed by atoms with van der Waals surface area (Å²) in [5.41, 5.74) is 1.70. The Morgan fingerprint density at radius 2 is 1.96 bits per heavy atom. The second-order valence-electron chi connectivity index (χ2n) is 5.87. The molecule has 0 aliphatic carbocycles. The molecule has 1 saturated heterocycles. The van der Waals surface area contributed by atoms with Crippen LogP contribution in [0.5, 0.6) is 0 Å². The van der Waals surface area contributed by atoms with Crippen LogP contribution in [-0.2, 0) is 22.6 Å². The number of rotatable bonds is 7. The van der Waals surface area contributed by atoms with Crippen molar-refractivity contribution in [2.75, 3.05) is 26.8 Å². The summed E-state index contributed by atoms with van der Waals surface area (Å²) in [6, 6.07) is 7.23. The van der Waals surface area contributed by atoms with Gasteiger partial charge in [-0.15, -0.1) is 0 Å². The van der Waals surface area contributed by atoms with Crippen LogP contribution < -0.4 is 10.6 Å². The van der Waals surface area contributed by atoms with Crippen LogP contribution in [0.4, 0.5) is 13.2 Å². The Bertz CT molecular complexity index is 541. The molecule has 8 heteroatoms. The topological polar surface area (TPSA) is 54.9 Å². The molecule has 2 rings (SSSR count). The van der Waals surface area contributed by atoms with E-state index in [2.05, 4.69) is 20.4 Å². The summed E-state index contributed by atoms with van der Waals surface area (Å²) in [6.45, 7) is 0.808. The van der Waals surface area contributed by atoms with Crippen LogP contribution >= 0.6 is 0 Å². The van der Waals surface area contributed by atoms with Gasteiger partial charge in [0.2, 0.25) is 0 Å². The summed E-state index contributed by atoms with van der Waals surface area (Å²) >= 11 is 0. The van der Waals surface area contributed by atoms with E-state index in [1.807, 2.05) is 12.1 Å². The molecule has 1 fully saturated rings. The Kier molecular flexibility index (Phi) is 7.52. The third kappa shape index (κ3) is 7.74. The molecule has 0 bridgehead atoms. The maximum absolute atomic E-state index is 12.0. The van der Waals surface area contributed by atoms with Crippen molar-refractivity contribution >= 4 is 5.96 Å². The van der Waals surface area contributed by atoms with Gasteiger partial charge in [-0.1, -0.05) is 24.3 Å². The minimum atomic E-state index is -4.30. The van der Waals surface area contributed by atoms with Gasteiger partial charge in [-0.2, -0.15) is 13.2 Å². The van der Waals surface area contributed by atoms with Gasteiger partial charge in [0.05, 0.1) is 12.7 Å². The maximum Gasteiger partial charge on any atom is 0.411 e. The van der Waals surface area contributed by atoms with Crippen molar-refractivity contribution in [3.8, 4) is 0 Å². The predicted molar refractivity (Wildman–Crippen MR) is 89.3 cm³/mol. The number of nitrogens with one attached hydrogen (secondary N) is 2.